The lowest BCUT2D eigenvalue weighted by Crippen LogP contribution is -2.64. The molecule has 13 nitrogen and oxygen atoms in total. The van der Waals surface area contributed by atoms with Crippen molar-refractivity contribution in [2.45, 2.75) is 127 Å². The number of sulfone groups is 1. The highest BCUT2D eigenvalue weighted by Gasteiger charge is 2.71. The van der Waals surface area contributed by atoms with Gasteiger partial charge in [-0.1, -0.05) is 78.2 Å². The topological polar surface area (TPSA) is 188 Å². The Labute approximate surface area is 314 Å². The molecular weight excluding hydrogens is 719 g/mol. The van der Waals surface area contributed by atoms with Crippen molar-refractivity contribution in [2.75, 3.05) is 12.3 Å². The molecule has 3 saturated carbocycles. The Bertz CT molecular complexity index is 1860. The number of piperidine rings is 1. The van der Waals surface area contributed by atoms with Crippen molar-refractivity contribution in [3.05, 3.63) is 43.0 Å². The Kier molecular flexibility index (Phi) is 10.5. The fourth-order valence-corrected chi connectivity index (χ4v) is 10.9. The molecule has 4 fully saturated rings. The summed E-state index contributed by atoms with van der Waals surface area (Å²) in [5.41, 5.74) is -3.65. The maximum atomic E-state index is 14.6. The van der Waals surface area contributed by atoms with E-state index in [4.69, 9.17) is 0 Å². The molecule has 0 aromatic heterocycles. The van der Waals surface area contributed by atoms with Crippen molar-refractivity contribution >= 4 is 43.6 Å². The van der Waals surface area contributed by atoms with Gasteiger partial charge >= 0.3 is 6.03 Å². The highest BCUT2D eigenvalue weighted by molar-refractivity contribution is 7.92. The fraction of sp³-hybridized carbons (Fsp3) is 0.684. The molecule has 3 aliphatic carbocycles. The van der Waals surface area contributed by atoms with Gasteiger partial charge in [-0.2, -0.15) is 0 Å². The minimum atomic E-state index is -4.24. The van der Waals surface area contributed by atoms with Gasteiger partial charge in [0.1, 0.15) is 17.6 Å². The third kappa shape index (κ3) is 7.88. The number of urea groups is 1. The van der Waals surface area contributed by atoms with Crippen LogP contribution in [0.3, 0.4) is 0 Å². The second kappa shape index (κ2) is 13.7. The number of carbonyl (C=O) groups excluding carboxylic acids is 4. The van der Waals surface area contributed by atoms with Gasteiger partial charge in [0.2, 0.25) is 11.8 Å². The first kappa shape index (κ1) is 40.7. The van der Waals surface area contributed by atoms with Crippen LogP contribution in [0.1, 0.15) is 93.9 Å². The standard InChI is InChI=1S/C38H57N5O8S2/c1-10-24-21-38(24,32(46)42-53(50,51)25-17-13-11-14-18-25)40-30(44)28-27-26(36(27,8)9)22-43(28)31(45)29(34(2,3)4)39-33(47)41-37(19-15-12-16-20-37)23-52(48,49)35(5,6)7/h10-11,13-14,17-18,24,26-29H,1,12,15-16,19-23H2,2-9H3,(H,40,44)(H,42,46)(H2,39,41,47)/t24?,26-,27?,28-,29+,38+/m0/s1. The van der Waals surface area contributed by atoms with E-state index in [1.54, 1.807) is 47.6 Å². The van der Waals surface area contributed by atoms with Gasteiger partial charge in [-0.15, -0.1) is 6.58 Å². The molecule has 5 amide bonds. The van der Waals surface area contributed by atoms with Gasteiger partial charge in [-0.3, -0.25) is 14.4 Å². The Balaban J connectivity index is 1.37. The smallest absolute Gasteiger partial charge is 0.315 e. The predicted molar refractivity (Wildman–Crippen MR) is 201 cm³/mol. The molecule has 4 aliphatic rings. The number of carbonyl (C=O) groups is 4. The lowest BCUT2D eigenvalue weighted by atomic mass is 9.83. The Morgan fingerprint density at radius 2 is 1.55 bits per heavy atom. The minimum absolute atomic E-state index is 0.0117. The lowest BCUT2D eigenvalue weighted by molar-refractivity contribution is -0.144. The first-order chi connectivity index (χ1) is 24.3. The monoisotopic (exact) mass is 775 g/mol. The van der Waals surface area contributed by atoms with Crippen LogP contribution in [-0.4, -0.2) is 85.7 Å². The van der Waals surface area contributed by atoms with E-state index in [-0.39, 0.29) is 40.9 Å². The van der Waals surface area contributed by atoms with Crippen LogP contribution in [0.25, 0.3) is 0 Å². The summed E-state index contributed by atoms with van der Waals surface area (Å²) in [6.45, 7) is 18.4. The molecule has 5 rings (SSSR count). The molecule has 6 atom stereocenters. The van der Waals surface area contributed by atoms with Gasteiger partial charge in [0.15, 0.2) is 9.84 Å². The number of benzene rings is 1. The molecule has 53 heavy (non-hydrogen) atoms. The molecule has 2 unspecified atom stereocenters. The maximum absolute atomic E-state index is 14.6. The minimum Gasteiger partial charge on any atom is -0.339 e. The molecular formula is C38H57N5O8S2. The molecule has 4 N–H and O–H groups in total. The summed E-state index contributed by atoms with van der Waals surface area (Å²) in [5, 5.41) is 8.69. The Hall–Kier alpha value is -3.46. The van der Waals surface area contributed by atoms with Crippen LogP contribution in [0.2, 0.25) is 0 Å². The molecule has 0 bridgehead atoms. The number of hydrogen-bond acceptors (Lipinski definition) is 8. The average Bonchev–Trinajstić information content (AvgIpc) is 3.81. The summed E-state index contributed by atoms with van der Waals surface area (Å²) in [6.07, 6.45) is 5.06. The largest absolute Gasteiger partial charge is 0.339 e. The number of nitrogens with zero attached hydrogens (tertiary/aromatic N) is 1. The number of sulfonamides is 1. The molecule has 1 heterocycles. The summed E-state index contributed by atoms with van der Waals surface area (Å²) in [6, 6.07) is 4.71. The van der Waals surface area contributed by atoms with Crippen molar-refractivity contribution in [3.8, 4) is 0 Å². The van der Waals surface area contributed by atoms with Gasteiger partial charge in [-0.25, -0.2) is 26.4 Å². The Morgan fingerprint density at radius 1 is 0.943 bits per heavy atom. The average molecular weight is 776 g/mol. The zero-order chi connectivity index (χ0) is 39.6. The molecule has 0 spiro atoms. The first-order valence-electron chi connectivity index (χ1n) is 18.5. The molecule has 1 aliphatic heterocycles. The van der Waals surface area contributed by atoms with Crippen molar-refractivity contribution < 1.29 is 36.0 Å². The highest BCUT2D eigenvalue weighted by atomic mass is 32.2. The fourth-order valence-electron chi connectivity index (χ4n) is 8.35. The van der Waals surface area contributed by atoms with Crippen molar-refractivity contribution in [2.24, 2.45) is 28.6 Å². The van der Waals surface area contributed by atoms with Gasteiger partial charge in [-0.05, 0) is 74.8 Å². The van der Waals surface area contributed by atoms with Crippen LogP contribution in [0.5, 0.6) is 0 Å². The number of hydrogen-bond donors (Lipinski definition) is 4. The van der Waals surface area contributed by atoms with E-state index in [9.17, 15) is 36.0 Å². The SMILES string of the molecule is C=CC1C[C@]1(NC(=O)[C@@H]1C2[C@H](CN1C(=O)[C@@H](NC(=O)NC1(CS(=O)(=O)C(C)(C)C)CCCCC1)C(C)(C)C)C2(C)C)C(=O)NS(=O)(=O)c1ccccc1. The van der Waals surface area contributed by atoms with E-state index >= 15 is 0 Å². The predicted octanol–water partition coefficient (Wildman–Crippen LogP) is 3.67. The third-order valence-corrected chi connectivity index (χ3v) is 16.2. The maximum Gasteiger partial charge on any atom is 0.315 e. The Morgan fingerprint density at radius 3 is 2.08 bits per heavy atom. The molecule has 294 valence electrons. The van der Waals surface area contributed by atoms with Gasteiger partial charge in [0, 0.05) is 12.5 Å². The molecule has 0 radical (unpaired) electrons. The van der Waals surface area contributed by atoms with Crippen LogP contribution in [0.15, 0.2) is 47.9 Å². The van der Waals surface area contributed by atoms with E-state index in [1.165, 1.54) is 35.2 Å². The van der Waals surface area contributed by atoms with Crippen LogP contribution in [-0.2, 0) is 34.2 Å². The third-order valence-electron chi connectivity index (χ3n) is 12.1. The molecule has 1 saturated heterocycles. The van der Waals surface area contributed by atoms with E-state index in [1.807, 2.05) is 13.8 Å². The summed E-state index contributed by atoms with van der Waals surface area (Å²) >= 11 is 0. The van der Waals surface area contributed by atoms with Gasteiger partial charge in [0.05, 0.1) is 20.9 Å². The summed E-state index contributed by atoms with van der Waals surface area (Å²) in [7, 11) is -7.83. The van der Waals surface area contributed by atoms with Crippen molar-refractivity contribution in [1.29, 1.82) is 0 Å². The van der Waals surface area contributed by atoms with E-state index in [2.05, 4.69) is 27.3 Å². The normalized spacial score (nSPS) is 28.1. The van der Waals surface area contributed by atoms with Gasteiger partial charge < -0.3 is 20.9 Å². The van der Waals surface area contributed by atoms with Crippen LogP contribution in [0, 0.1) is 28.6 Å². The number of amides is 5. The highest BCUT2D eigenvalue weighted by Crippen LogP contribution is 2.65. The molecule has 1 aromatic rings. The quantitative estimate of drug-likeness (QED) is 0.245. The molecule has 1 aromatic carbocycles. The van der Waals surface area contributed by atoms with Gasteiger partial charge in [0.25, 0.3) is 15.9 Å². The number of rotatable bonds is 11. The van der Waals surface area contributed by atoms with Crippen LogP contribution < -0.4 is 20.7 Å². The molecule has 15 heteroatoms. The second-order valence-corrected chi connectivity index (χ2v) is 22.7. The van der Waals surface area contributed by atoms with E-state index in [0.717, 1.165) is 19.3 Å². The summed E-state index contributed by atoms with van der Waals surface area (Å²) in [5.74, 6) is -2.95. The zero-order valence-electron chi connectivity index (χ0n) is 32.2. The number of fused-ring (bicyclic) bond motifs is 1. The van der Waals surface area contributed by atoms with Crippen LogP contribution in [0.4, 0.5) is 4.79 Å². The number of nitrogens with one attached hydrogen (secondary N) is 4. The van der Waals surface area contributed by atoms with Crippen molar-refractivity contribution in [3.63, 3.8) is 0 Å². The summed E-state index contributed by atoms with van der Waals surface area (Å²) < 4.78 is 53.9. The van der Waals surface area contributed by atoms with E-state index in [0.29, 0.717) is 12.8 Å². The second-order valence-electron chi connectivity index (χ2n) is 18.3. The first-order valence-corrected chi connectivity index (χ1v) is 21.6. The van der Waals surface area contributed by atoms with Crippen molar-refractivity contribution in [1.82, 2.24) is 25.6 Å². The lowest BCUT2D eigenvalue weighted by Gasteiger charge is -2.41. The van der Waals surface area contributed by atoms with E-state index < -0.39 is 82.9 Å². The van der Waals surface area contributed by atoms with Crippen LogP contribution >= 0.6 is 0 Å². The zero-order valence-corrected chi connectivity index (χ0v) is 33.9. The summed E-state index contributed by atoms with van der Waals surface area (Å²) in [4.78, 5) is 57.7. The number of likely N-dealkylation sites (tertiary alicyclic amines) is 1.